The van der Waals surface area contributed by atoms with Crippen molar-refractivity contribution < 1.29 is 17.6 Å². The molecule has 10 heteroatoms. The van der Waals surface area contributed by atoms with Crippen LogP contribution in [0.15, 0.2) is 58.4 Å². The topological polar surface area (TPSA) is 82.9 Å². The van der Waals surface area contributed by atoms with Crippen molar-refractivity contribution in [3.63, 3.8) is 0 Å². The lowest BCUT2D eigenvalue weighted by Crippen LogP contribution is -2.49. The minimum atomic E-state index is -3.75. The van der Waals surface area contributed by atoms with Gasteiger partial charge in [-0.1, -0.05) is 13.8 Å². The maximum atomic E-state index is 13.4. The zero-order chi connectivity index (χ0) is 25.3. The number of carbonyl (C=O) groups excluding carboxylic acids is 1. The Morgan fingerprint density at radius 3 is 2.23 bits per heavy atom. The van der Waals surface area contributed by atoms with Crippen molar-refractivity contribution in [2.45, 2.75) is 18.7 Å². The van der Waals surface area contributed by atoms with Crippen LogP contribution in [-0.4, -0.2) is 67.4 Å². The first-order valence-electron chi connectivity index (χ1n) is 11.6. The van der Waals surface area contributed by atoms with Crippen LogP contribution in [0.1, 0.15) is 24.2 Å². The van der Waals surface area contributed by atoms with Crippen molar-refractivity contribution in [3.8, 4) is 0 Å². The van der Waals surface area contributed by atoms with Gasteiger partial charge in [-0.05, 0) is 42.5 Å². The summed E-state index contributed by atoms with van der Waals surface area (Å²) in [6.07, 6.45) is 1.51. The summed E-state index contributed by atoms with van der Waals surface area (Å²) in [5.41, 5.74) is 0.946. The van der Waals surface area contributed by atoms with Gasteiger partial charge in [0, 0.05) is 63.6 Å². The van der Waals surface area contributed by atoms with Crippen LogP contribution in [0.2, 0.25) is 0 Å². The van der Waals surface area contributed by atoms with Gasteiger partial charge in [-0.3, -0.25) is 9.59 Å². The van der Waals surface area contributed by atoms with Gasteiger partial charge in [-0.25, -0.2) is 12.8 Å². The van der Waals surface area contributed by atoms with Crippen molar-refractivity contribution >= 4 is 32.5 Å². The Morgan fingerprint density at radius 1 is 1.00 bits per heavy atom. The number of piperazine rings is 1. The van der Waals surface area contributed by atoms with Crippen LogP contribution in [0.3, 0.4) is 0 Å². The van der Waals surface area contributed by atoms with Gasteiger partial charge in [0.2, 0.25) is 15.5 Å². The molecule has 0 aliphatic carbocycles. The monoisotopic (exact) mass is 500 g/mol. The molecule has 8 nitrogen and oxygen atoms in total. The normalized spacial score (nSPS) is 14.7. The largest absolute Gasteiger partial charge is 0.368 e. The van der Waals surface area contributed by atoms with Crippen LogP contribution in [0.5, 0.6) is 0 Å². The number of aryl methyl sites for hydroxylation is 1. The Kier molecular flexibility index (Phi) is 6.95. The highest BCUT2D eigenvalue weighted by atomic mass is 32.2. The molecule has 2 aromatic carbocycles. The molecule has 2 heterocycles. The van der Waals surface area contributed by atoms with Crippen molar-refractivity contribution in [2.75, 3.05) is 44.2 Å². The third kappa shape index (κ3) is 4.68. The number of carbonyl (C=O) groups is 1. The van der Waals surface area contributed by atoms with Gasteiger partial charge in [-0.15, -0.1) is 0 Å². The van der Waals surface area contributed by atoms with E-state index in [1.54, 1.807) is 48.6 Å². The molecule has 0 spiro atoms. The third-order valence-electron chi connectivity index (χ3n) is 6.49. The average molecular weight is 501 g/mol. The summed E-state index contributed by atoms with van der Waals surface area (Å²) in [5, 5.41) is 0.191. The molecule has 0 N–H and O–H groups in total. The summed E-state index contributed by atoms with van der Waals surface area (Å²) in [7, 11) is -2.02. The number of aromatic nitrogens is 1. The fourth-order valence-electron chi connectivity index (χ4n) is 4.49. The number of nitrogens with zero attached hydrogens (tertiary/aromatic N) is 4. The molecule has 1 aliphatic rings. The number of benzene rings is 2. The van der Waals surface area contributed by atoms with E-state index in [2.05, 4.69) is 4.90 Å². The highest BCUT2D eigenvalue weighted by Gasteiger charge is 2.27. The maximum absolute atomic E-state index is 13.4. The van der Waals surface area contributed by atoms with Crippen molar-refractivity contribution in [2.24, 2.45) is 7.05 Å². The second-order valence-corrected chi connectivity index (χ2v) is 10.4. The summed E-state index contributed by atoms with van der Waals surface area (Å²) < 4.78 is 42.2. The Morgan fingerprint density at radius 2 is 1.63 bits per heavy atom. The van der Waals surface area contributed by atoms with E-state index in [4.69, 9.17) is 0 Å². The zero-order valence-corrected chi connectivity index (χ0v) is 20.9. The highest BCUT2D eigenvalue weighted by Crippen LogP contribution is 2.22. The second-order valence-electron chi connectivity index (χ2n) is 8.51. The van der Waals surface area contributed by atoms with E-state index in [1.165, 1.54) is 34.8 Å². The van der Waals surface area contributed by atoms with Gasteiger partial charge in [0.15, 0.2) is 0 Å². The number of hydrogen-bond donors (Lipinski definition) is 0. The zero-order valence-electron chi connectivity index (χ0n) is 20.1. The molecule has 0 unspecified atom stereocenters. The molecule has 0 radical (unpaired) electrons. The lowest BCUT2D eigenvalue weighted by Gasteiger charge is -2.36. The van der Waals surface area contributed by atoms with E-state index in [1.807, 2.05) is 0 Å². The Balaban J connectivity index is 1.63. The van der Waals surface area contributed by atoms with Gasteiger partial charge >= 0.3 is 0 Å². The van der Waals surface area contributed by atoms with Crippen LogP contribution in [0.4, 0.5) is 10.1 Å². The number of hydrogen-bond acceptors (Lipinski definition) is 5. The van der Waals surface area contributed by atoms with E-state index in [0.717, 1.165) is 5.69 Å². The smallest absolute Gasteiger partial charge is 0.259 e. The first kappa shape index (κ1) is 24.9. The summed E-state index contributed by atoms with van der Waals surface area (Å²) in [5.74, 6) is -0.689. The number of rotatable bonds is 6. The van der Waals surface area contributed by atoms with E-state index < -0.39 is 15.5 Å². The molecule has 1 fully saturated rings. The maximum Gasteiger partial charge on any atom is 0.259 e. The first-order valence-corrected chi connectivity index (χ1v) is 13.0. The number of pyridine rings is 1. The highest BCUT2D eigenvalue weighted by molar-refractivity contribution is 7.89. The predicted octanol–water partition coefficient (Wildman–Crippen LogP) is 2.67. The predicted molar refractivity (Wildman–Crippen MR) is 134 cm³/mol. The number of halogens is 1. The summed E-state index contributed by atoms with van der Waals surface area (Å²) in [6, 6.07) is 10.7. The number of fused-ring (bicyclic) bond motifs is 1. The van der Waals surface area contributed by atoms with E-state index in [-0.39, 0.29) is 27.6 Å². The van der Waals surface area contributed by atoms with Crippen LogP contribution >= 0.6 is 0 Å². The Labute approximate surface area is 204 Å². The van der Waals surface area contributed by atoms with Crippen molar-refractivity contribution in [1.29, 1.82) is 0 Å². The van der Waals surface area contributed by atoms with E-state index in [9.17, 15) is 22.4 Å². The Bertz CT molecular complexity index is 1410. The molecule has 35 heavy (non-hydrogen) atoms. The van der Waals surface area contributed by atoms with Crippen LogP contribution < -0.4 is 10.3 Å². The number of anilines is 1. The molecule has 0 atom stereocenters. The molecule has 3 aromatic rings. The third-order valence-corrected chi connectivity index (χ3v) is 8.54. The first-order chi connectivity index (χ1) is 16.7. The minimum absolute atomic E-state index is 0.00705. The van der Waals surface area contributed by atoms with Gasteiger partial charge in [0.25, 0.3) is 5.91 Å². The van der Waals surface area contributed by atoms with E-state index in [0.29, 0.717) is 44.8 Å². The molecule has 1 amide bonds. The molecule has 186 valence electrons. The number of sulfonamides is 1. The molecule has 1 aromatic heterocycles. The fourth-order valence-corrected chi connectivity index (χ4v) is 5.97. The molecule has 1 saturated heterocycles. The quantitative estimate of drug-likeness (QED) is 0.520. The molecular weight excluding hydrogens is 471 g/mol. The molecular formula is C25H29FN4O4S. The average Bonchev–Trinajstić information content (AvgIpc) is 2.86. The molecule has 0 saturated carbocycles. The summed E-state index contributed by atoms with van der Waals surface area (Å²) in [4.78, 5) is 30.4. The van der Waals surface area contributed by atoms with Crippen LogP contribution in [0.25, 0.3) is 10.9 Å². The Hall–Kier alpha value is -3.24. The fraction of sp³-hybridized carbons (Fsp3) is 0.360. The molecule has 0 bridgehead atoms. The number of amides is 1. The van der Waals surface area contributed by atoms with Gasteiger partial charge in [0.05, 0.1) is 10.4 Å². The van der Waals surface area contributed by atoms with Crippen molar-refractivity contribution in [1.82, 2.24) is 13.8 Å². The lowest BCUT2D eigenvalue weighted by atomic mass is 10.1. The van der Waals surface area contributed by atoms with Crippen LogP contribution in [0, 0.1) is 5.82 Å². The summed E-state index contributed by atoms with van der Waals surface area (Å²) >= 11 is 0. The SMILES string of the molecule is CCN(CC)S(=O)(=O)c1ccc2c(c1)c(=O)c(C(=O)N1CCN(c3ccc(F)cc3)CC1)cn2C. The van der Waals surface area contributed by atoms with Gasteiger partial charge < -0.3 is 14.4 Å². The van der Waals surface area contributed by atoms with Gasteiger partial charge in [-0.2, -0.15) is 4.31 Å². The van der Waals surface area contributed by atoms with Crippen molar-refractivity contribution in [3.05, 3.63) is 70.3 Å². The molecule has 1 aliphatic heterocycles. The minimum Gasteiger partial charge on any atom is -0.368 e. The van der Waals surface area contributed by atoms with Crippen LogP contribution in [-0.2, 0) is 17.1 Å². The van der Waals surface area contributed by atoms with E-state index >= 15 is 0 Å². The second kappa shape index (κ2) is 9.79. The lowest BCUT2D eigenvalue weighted by molar-refractivity contribution is 0.0745. The summed E-state index contributed by atoms with van der Waals surface area (Å²) in [6.45, 7) is 6.08. The molecule has 4 rings (SSSR count). The van der Waals surface area contributed by atoms with Gasteiger partial charge in [0.1, 0.15) is 11.4 Å². The standard InChI is InChI=1S/C25H29FN4O4S/c1-4-30(5-2)35(33,34)20-10-11-23-21(16-20)24(31)22(17-27(23)3)25(32)29-14-12-28(13-15-29)19-8-6-18(26)7-9-19/h6-11,16-17H,4-5,12-15H2,1-3H3.